The monoisotopic (exact) mass is 388 g/mol. The fraction of sp³-hybridized carbons (Fsp3) is 0.130. The summed E-state index contributed by atoms with van der Waals surface area (Å²) >= 11 is 1.66. The predicted octanol–water partition coefficient (Wildman–Crippen LogP) is 4.75. The number of carbonyl (C=O) groups excluding carboxylic acids is 1. The van der Waals surface area contributed by atoms with Crippen LogP contribution in [0.5, 0.6) is 0 Å². The first kappa shape index (κ1) is 18.3. The van der Waals surface area contributed by atoms with E-state index in [1.807, 2.05) is 78.9 Å². The predicted molar refractivity (Wildman–Crippen MR) is 114 cm³/mol. The Labute approximate surface area is 168 Å². The lowest BCUT2D eigenvalue weighted by Gasteiger charge is -2.27. The number of benzene rings is 2. The fourth-order valence-corrected chi connectivity index (χ4v) is 3.99. The Kier molecular flexibility index (Phi) is 5.73. The summed E-state index contributed by atoms with van der Waals surface area (Å²) < 4.78 is 5.89. The highest BCUT2D eigenvalue weighted by Crippen LogP contribution is 2.36. The van der Waals surface area contributed by atoms with E-state index < -0.39 is 0 Å². The molecule has 2 aromatic carbocycles. The minimum atomic E-state index is -0.173. The van der Waals surface area contributed by atoms with Crippen molar-refractivity contribution in [2.75, 3.05) is 17.3 Å². The lowest BCUT2D eigenvalue weighted by atomic mass is 10.1. The van der Waals surface area contributed by atoms with Gasteiger partial charge in [0.15, 0.2) is 5.76 Å². The molecule has 1 aliphatic rings. The molecule has 1 aliphatic heterocycles. The average molecular weight is 388 g/mol. The molecule has 0 unspecified atom stereocenters. The van der Waals surface area contributed by atoms with Crippen LogP contribution in [0.1, 0.15) is 11.1 Å². The van der Waals surface area contributed by atoms with Gasteiger partial charge in [-0.3, -0.25) is 9.69 Å². The van der Waals surface area contributed by atoms with E-state index >= 15 is 0 Å². The number of ether oxygens (including phenoxy) is 1. The van der Waals surface area contributed by atoms with Crippen molar-refractivity contribution in [1.29, 1.82) is 0 Å². The first-order valence-electron chi connectivity index (χ1n) is 9.15. The van der Waals surface area contributed by atoms with Gasteiger partial charge in [0.2, 0.25) is 0 Å². The van der Waals surface area contributed by atoms with Gasteiger partial charge >= 0.3 is 0 Å². The van der Waals surface area contributed by atoms with Gasteiger partial charge in [-0.1, -0.05) is 66.7 Å². The number of pyridine rings is 1. The van der Waals surface area contributed by atoms with Gasteiger partial charge in [-0.15, -0.1) is 11.8 Å². The molecule has 28 heavy (non-hydrogen) atoms. The fourth-order valence-electron chi connectivity index (χ4n) is 3.04. The zero-order chi connectivity index (χ0) is 19.2. The smallest absolute Gasteiger partial charge is 0.296 e. The van der Waals surface area contributed by atoms with Crippen molar-refractivity contribution in [2.24, 2.45) is 0 Å². The van der Waals surface area contributed by atoms with Gasteiger partial charge in [-0.05, 0) is 23.3 Å². The molecule has 5 heteroatoms. The van der Waals surface area contributed by atoms with Crippen molar-refractivity contribution >= 4 is 28.4 Å². The van der Waals surface area contributed by atoms with Crippen LogP contribution in [0, 0.1) is 0 Å². The van der Waals surface area contributed by atoms with E-state index in [1.54, 1.807) is 22.9 Å². The average Bonchev–Trinajstić information content (AvgIpc) is 2.79. The van der Waals surface area contributed by atoms with Crippen molar-refractivity contribution in [3.63, 3.8) is 0 Å². The van der Waals surface area contributed by atoms with Crippen LogP contribution in [-0.4, -0.2) is 23.3 Å². The second kappa shape index (κ2) is 8.76. The third kappa shape index (κ3) is 4.10. The first-order valence-corrected chi connectivity index (χ1v) is 10.1. The third-order valence-electron chi connectivity index (χ3n) is 4.37. The molecule has 0 bridgehead atoms. The Morgan fingerprint density at radius 3 is 2.39 bits per heavy atom. The Morgan fingerprint density at radius 1 is 0.964 bits per heavy atom. The van der Waals surface area contributed by atoms with E-state index in [9.17, 15) is 4.79 Å². The van der Waals surface area contributed by atoms with Crippen molar-refractivity contribution in [3.05, 3.63) is 102 Å². The molecule has 4 nitrogen and oxygen atoms in total. The van der Waals surface area contributed by atoms with Crippen molar-refractivity contribution in [3.8, 4) is 0 Å². The standard InChI is InChI=1S/C23H20N2O2S/c26-23(21-22(28-16-15-27-21)19-11-5-2-6-12-19)25(20-13-7-8-14-24-20)17-18-9-3-1-4-10-18/h1-14H,15-17H2. The number of nitrogens with zero attached hydrogens (tertiary/aromatic N) is 2. The minimum Gasteiger partial charge on any atom is -0.486 e. The zero-order valence-corrected chi connectivity index (χ0v) is 16.1. The molecule has 1 amide bonds. The van der Waals surface area contributed by atoms with Crippen molar-refractivity contribution < 1.29 is 9.53 Å². The van der Waals surface area contributed by atoms with Crippen LogP contribution in [-0.2, 0) is 16.1 Å². The maximum Gasteiger partial charge on any atom is 0.296 e. The van der Waals surface area contributed by atoms with Crippen molar-refractivity contribution in [1.82, 2.24) is 4.98 Å². The van der Waals surface area contributed by atoms with E-state index in [2.05, 4.69) is 4.98 Å². The molecular formula is C23H20N2O2S. The highest BCUT2D eigenvalue weighted by atomic mass is 32.2. The summed E-state index contributed by atoms with van der Waals surface area (Å²) in [5, 5.41) is 0. The Bertz CT molecular complexity index is 960. The normalized spacial score (nSPS) is 13.7. The Hall–Kier alpha value is -3.05. The molecule has 4 rings (SSSR count). The summed E-state index contributed by atoms with van der Waals surface area (Å²) in [7, 11) is 0. The molecule has 0 saturated carbocycles. The van der Waals surface area contributed by atoms with Crippen LogP contribution in [0.2, 0.25) is 0 Å². The summed E-state index contributed by atoms with van der Waals surface area (Å²) in [6.07, 6.45) is 1.70. The molecule has 0 atom stereocenters. The number of amides is 1. The molecule has 0 radical (unpaired) electrons. The first-order chi connectivity index (χ1) is 13.8. The van der Waals surface area contributed by atoms with Crippen LogP contribution < -0.4 is 4.90 Å². The van der Waals surface area contributed by atoms with Crippen LogP contribution >= 0.6 is 11.8 Å². The number of rotatable bonds is 5. The molecule has 0 saturated heterocycles. The summed E-state index contributed by atoms with van der Waals surface area (Å²) in [6.45, 7) is 0.944. The molecule has 3 aromatic rings. The third-order valence-corrected chi connectivity index (χ3v) is 5.45. The van der Waals surface area contributed by atoms with Crippen LogP contribution in [0.25, 0.3) is 4.91 Å². The largest absolute Gasteiger partial charge is 0.486 e. The van der Waals surface area contributed by atoms with E-state index in [0.717, 1.165) is 21.8 Å². The van der Waals surface area contributed by atoms with Crippen LogP contribution in [0.3, 0.4) is 0 Å². The maximum absolute atomic E-state index is 13.6. The molecule has 0 N–H and O–H groups in total. The molecule has 1 aromatic heterocycles. The quantitative estimate of drug-likeness (QED) is 0.633. The van der Waals surface area contributed by atoms with E-state index in [1.165, 1.54) is 0 Å². The summed E-state index contributed by atoms with van der Waals surface area (Å²) in [6, 6.07) is 25.4. The van der Waals surface area contributed by atoms with Crippen LogP contribution in [0.15, 0.2) is 90.8 Å². The molecule has 2 heterocycles. The van der Waals surface area contributed by atoms with Crippen molar-refractivity contribution in [2.45, 2.75) is 6.54 Å². The highest BCUT2D eigenvalue weighted by Gasteiger charge is 2.28. The molecule has 140 valence electrons. The van der Waals surface area contributed by atoms with E-state index in [-0.39, 0.29) is 5.91 Å². The zero-order valence-electron chi connectivity index (χ0n) is 15.3. The summed E-state index contributed by atoms with van der Waals surface area (Å²) in [5.41, 5.74) is 2.03. The van der Waals surface area contributed by atoms with E-state index in [0.29, 0.717) is 24.7 Å². The topological polar surface area (TPSA) is 42.4 Å². The van der Waals surface area contributed by atoms with Gasteiger partial charge in [0, 0.05) is 11.9 Å². The molecule has 0 aliphatic carbocycles. The van der Waals surface area contributed by atoms with Crippen LogP contribution in [0.4, 0.5) is 5.82 Å². The number of carbonyl (C=O) groups is 1. The molecule has 0 fully saturated rings. The van der Waals surface area contributed by atoms with Gasteiger partial charge in [0.05, 0.1) is 18.1 Å². The Balaban J connectivity index is 1.74. The summed E-state index contributed by atoms with van der Waals surface area (Å²) in [4.78, 5) is 20.5. The Morgan fingerprint density at radius 2 is 1.68 bits per heavy atom. The maximum atomic E-state index is 13.6. The number of hydrogen-bond donors (Lipinski definition) is 0. The summed E-state index contributed by atoms with van der Waals surface area (Å²) in [5.74, 6) is 1.65. The highest BCUT2D eigenvalue weighted by molar-refractivity contribution is 8.08. The lowest BCUT2D eigenvalue weighted by molar-refractivity contribution is -0.118. The van der Waals surface area contributed by atoms with Gasteiger partial charge in [0.25, 0.3) is 5.91 Å². The minimum absolute atomic E-state index is 0.173. The second-order valence-corrected chi connectivity index (χ2v) is 7.39. The number of hydrogen-bond acceptors (Lipinski definition) is 4. The van der Waals surface area contributed by atoms with Gasteiger partial charge in [-0.25, -0.2) is 4.98 Å². The number of anilines is 1. The second-order valence-electron chi connectivity index (χ2n) is 6.29. The van der Waals surface area contributed by atoms with E-state index in [4.69, 9.17) is 4.74 Å². The van der Waals surface area contributed by atoms with Gasteiger partial charge < -0.3 is 4.74 Å². The number of aromatic nitrogens is 1. The molecular weight excluding hydrogens is 368 g/mol. The SMILES string of the molecule is O=C(C1=C(c2ccccc2)SCCO1)N(Cc1ccccc1)c1ccccn1. The molecule has 0 spiro atoms. The number of thioether (sulfide) groups is 1. The van der Waals surface area contributed by atoms with Gasteiger partial charge in [-0.2, -0.15) is 0 Å². The lowest BCUT2D eigenvalue weighted by Crippen LogP contribution is -2.34. The van der Waals surface area contributed by atoms with Gasteiger partial charge in [0.1, 0.15) is 5.82 Å².